The molecule has 0 aliphatic carbocycles. The number of ether oxygens (including phenoxy) is 1. The first-order valence-electron chi connectivity index (χ1n) is 4.22. The Bertz CT molecular complexity index is 222. The third-order valence-corrected chi connectivity index (χ3v) is 1.50. The van der Waals surface area contributed by atoms with Crippen LogP contribution >= 0.6 is 0 Å². The van der Waals surface area contributed by atoms with Crippen LogP contribution in [0.1, 0.15) is 6.92 Å². The van der Waals surface area contributed by atoms with Crippen molar-refractivity contribution in [2.75, 3.05) is 6.61 Å². The lowest BCUT2D eigenvalue weighted by atomic mass is 10.4. The van der Waals surface area contributed by atoms with Gasteiger partial charge in [0.15, 0.2) is 0 Å². The molecule has 0 spiro atoms. The summed E-state index contributed by atoms with van der Waals surface area (Å²) in [6, 6.07) is 12.2. The van der Waals surface area contributed by atoms with Gasteiger partial charge in [-0.15, -0.1) is 0 Å². The fraction of sp³-hybridized carbons (Fsp3) is 0.300. The average Bonchev–Trinajstić information content (AvgIpc) is 2.54. The van der Waals surface area contributed by atoms with Crippen LogP contribution in [0.3, 0.4) is 0 Å². The summed E-state index contributed by atoms with van der Waals surface area (Å²) in [6.07, 6.45) is -0.299. The van der Waals surface area contributed by atoms with Gasteiger partial charge in [-0.1, -0.05) is 36.4 Å². The van der Waals surface area contributed by atoms with E-state index in [1.807, 2.05) is 43.3 Å². The minimum atomic E-state index is -0.299. The molecule has 3 nitrogen and oxygen atoms in total. The van der Waals surface area contributed by atoms with Crippen molar-refractivity contribution in [2.24, 2.45) is 0 Å². The van der Waals surface area contributed by atoms with E-state index in [0.717, 1.165) is 0 Å². The van der Waals surface area contributed by atoms with Gasteiger partial charge >= 0.3 is 6.09 Å². The van der Waals surface area contributed by atoms with E-state index in [2.05, 4.69) is 10.1 Å². The lowest BCUT2D eigenvalue weighted by molar-refractivity contribution is 0.177. The molecular formula is C10H13NO2. The van der Waals surface area contributed by atoms with E-state index < -0.39 is 0 Å². The number of carbonyl (C=O) groups is 1. The van der Waals surface area contributed by atoms with Crippen molar-refractivity contribution in [3.8, 4) is 0 Å². The van der Waals surface area contributed by atoms with Gasteiger partial charge in [0, 0.05) is 0 Å². The van der Waals surface area contributed by atoms with Gasteiger partial charge in [-0.25, -0.2) is 4.79 Å². The number of rotatable bonds is 0. The minimum Gasteiger partial charge on any atom is -0.447 e. The van der Waals surface area contributed by atoms with Crippen LogP contribution in [0.5, 0.6) is 0 Å². The van der Waals surface area contributed by atoms with E-state index in [0.29, 0.717) is 6.61 Å². The van der Waals surface area contributed by atoms with Gasteiger partial charge in [0.25, 0.3) is 0 Å². The van der Waals surface area contributed by atoms with Gasteiger partial charge in [-0.05, 0) is 6.92 Å². The van der Waals surface area contributed by atoms with E-state index in [-0.39, 0.29) is 12.1 Å². The Hall–Kier alpha value is -1.51. The number of nitrogens with one attached hydrogen (secondary N) is 1. The Morgan fingerprint density at radius 2 is 1.69 bits per heavy atom. The normalized spacial score (nSPS) is 19.5. The molecule has 2 rings (SSSR count). The number of hydrogen-bond acceptors (Lipinski definition) is 2. The lowest BCUT2D eigenvalue weighted by Gasteiger charge is -1.90. The van der Waals surface area contributed by atoms with Gasteiger partial charge in [-0.3, -0.25) is 0 Å². The molecule has 1 fully saturated rings. The van der Waals surface area contributed by atoms with Crippen molar-refractivity contribution in [2.45, 2.75) is 13.0 Å². The molecule has 1 heterocycles. The molecule has 13 heavy (non-hydrogen) atoms. The van der Waals surface area contributed by atoms with Gasteiger partial charge in [0.05, 0.1) is 6.04 Å². The minimum absolute atomic E-state index is 0.201. The summed E-state index contributed by atoms with van der Waals surface area (Å²) < 4.78 is 4.52. The van der Waals surface area contributed by atoms with Crippen LogP contribution < -0.4 is 5.32 Å². The highest BCUT2D eigenvalue weighted by Crippen LogP contribution is 1.93. The van der Waals surface area contributed by atoms with E-state index in [9.17, 15) is 4.79 Å². The van der Waals surface area contributed by atoms with Crippen LogP contribution in [0.4, 0.5) is 4.79 Å². The summed E-state index contributed by atoms with van der Waals surface area (Å²) in [6.45, 7) is 2.41. The Balaban J connectivity index is 0.000000132. The Labute approximate surface area is 77.7 Å². The zero-order valence-corrected chi connectivity index (χ0v) is 7.57. The molecule has 3 heteroatoms. The molecule has 0 saturated carbocycles. The largest absolute Gasteiger partial charge is 0.447 e. The molecule has 0 radical (unpaired) electrons. The molecule has 1 aliphatic rings. The predicted molar refractivity (Wildman–Crippen MR) is 50.4 cm³/mol. The highest BCUT2D eigenvalue weighted by molar-refractivity contribution is 5.69. The van der Waals surface area contributed by atoms with E-state index >= 15 is 0 Å². The first-order valence-corrected chi connectivity index (χ1v) is 4.22. The highest BCUT2D eigenvalue weighted by Gasteiger charge is 2.15. The molecule has 1 aromatic carbocycles. The first kappa shape index (κ1) is 9.58. The predicted octanol–water partition coefficient (Wildman–Crippen LogP) is 1.80. The molecule has 1 aromatic rings. The zero-order chi connectivity index (χ0) is 9.52. The third-order valence-electron chi connectivity index (χ3n) is 1.50. The van der Waals surface area contributed by atoms with Gasteiger partial charge < -0.3 is 10.1 Å². The highest BCUT2D eigenvalue weighted by atomic mass is 16.6. The van der Waals surface area contributed by atoms with Gasteiger partial charge in [0.2, 0.25) is 0 Å². The van der Waals surface area contributed by atoms with E-state index in [1.165, 1.54) is 0 Å². The second-order valence-corrected chi connectivity index (χ2v) is 2.80. The number of alkyl carbamates (subject to hydrolysis) is 1. The fourth-order valence-electron chi connectivity index (χ4n) is 0.870. The monoisotopic (exact) mass is 179 g/mol. The smallest absolute Gasteiger partial charge is 0.407 e. The molecule has 1 aliphatic heterocycles. The lowest BCUT2D eigenvalue weighted by Crippen LogP contribution is -2.21. The number of hydrogen-bond donors (Lipinski definition) is 1. The Kier molecular flexibility index (Phi) is 3.82. The van der Waals surface area contributed by atoms with Crippen LogP contribution in [-0.2, 0) is 4.74 Å². The van der Waals surface area contributed by atoms with Crippen molar-refractivity contribution in [1.82, 2.24) is 5.32 Å². The third kappa shape index (κ3) is 4.15. The first-order chi connectivity index (χ1) is 6.29. The maximum Gasteiger partial charge on any atom is 0.407 e. The molecule has 1 atom stereocenters. The second-order valence-electron chi connectivity index (χ2n) is 2.80. The quantitative estimate of drug-likeness (QED) is 0.659. The molecule has 1 N–H and O–H groups in total. The molecule has 1 saturated heterocycles. The van der Waals surface area contributed by atoms with Crippen molar-refractivity contribution in [1.29, 1.82) is 0 Å². The summed E-state index contributed by atoms with van der Waals surface area (Å²) in [5.74, 6) is 0. The summed E-state index contributed by atoms with van der Waals surface area (Å²) in [7, 11) is 0. The Morgan fingerprint density at radius 3 is 1.85 bits per heavy atom. The van der Waals surface area contributed by atoms with Crippen LogP contribution in [0, 0.1) is 0 Å². The van der Waals surface area contributed by atoms with Crippen LogP contribution in [-0.4, -0.2) is 18.7 Å². The van der Waals surface area contributed by atoms with Gasteiger partial charge in [0.1, 0.15) is 6.61 Å². The number of amides is 1. The van der Waals surface area contributed by atoms with Crippen LogP contribution in [0.15, 0.2) is 36.4 Å². The molecule has 0 unspecified atom stereocenters. The summed E-state index contributed by atoms with van der Waals surface area (Å²) in [4.78, 5) is 10.1. The maximum atomic E-state index is 10.1. The molecule has 70 valence electrons. The van der Waals surface area contributed by atoms with Crippen molar-refractivity contribution < 1.29 is 9.53 Å². The zero-order valence-electron chi connectivity index (χ0n) is 7.57. The van der Waals surface area contributed by atoms with E-state index in [1.54, 1.807) is 0 Å². The number of benzene rings is 1. The van der Waals surface area contributed by atoms with Crippen molar-refractivity contribution in [3.05, 3.63) is 36.4 Å². The molecule has 0 aromatic heterocycles. The average molecular weight is 179 g/mol. The standard InChI is InChI=1S/C6H6.C4H7NO2/c1-2-4-6-5-3-1;1-3-2-7-4(6)5-3/h1-6H;3H,2H2,1H3,(H,5,6)/t;3-/m.1/s1. The SMILES string of the molecule is C[C@@H]1COC(=O)N1.c1ccccc1. The number of cyclic esters (lactones) is 1. The van der Waals surface area contributed by atoms with E-state index in [4.69, 9.17) is 0 Å². The van der Waals surface area contributed by atoms with Crippen molar-refractivity contribution >= 4 is 6.09 Å². The van der Waals surface area contributed by atoms with Gasteiger partial charge in [-0.2, -0.15) is 0 Å². The topological polar surface area (TPSA) is 38.3 Å². The molecular weight excluding hydrogens is 166 g/mol. The summed E-state index contributed by atoms with van der Waals surface area (Å²) in [5, 5.41) is 2.56. The van der Waals surface area contributed by atoms with Crippen LogP contribution in [0.2, 0.25) is 0 Å². The summed E-state index contributed by atoms with van der Waals surface area (Å²) >= 11 is 0. The number of carbonyl (C=O) groups excluding carboxylic acids is 1. The molecule has 0 bridgehead atoms. The maximum absolute atomic E-state index is 10.1. The van der Waals surface area contributed by atoms with Crippen LogP contribution in [0.25, 0.3) is 0 Å². The van der Waals surface area contributed by atoms with Crippen molar-refractivity contribution in [3.63, 3.8) is 0 Å². The summed E-state index contributed by atoms with van der Waals surface area (Å²) in [5.41, 5.74) is 0. The second kappa shape index (κ2) is 5.19. The molecule has 1 amide bonds. The fourth-order valence-corrected chi connectivity index (χ4v) is 0.870. The Morgan fingerprint density at radius 1 is 1.23 bits per heavy atom.